The molecule has 1 N–H and O–H groups in total. The number of para-hydroxylation sites is 4. The first-order valence-electron chi connectivity index (χ1n) is 7.90. The molecule has 0 spiro atoms. The Balaban J connectivity index is 1.99. The number of nitrogens with one attached hydrogen (secondary N) is 1. The quantitative estimate of drug-likeness (QED) is 0.528. The minimum absolute atomic E-state index is 0.274. The molecule has 140 valence electrons. The minimum Gasteiger partial charge on any atom is -0.495 e. The summed E-state index contributed by atoms with van der Waals surface area (Å²) in [6.07, 6.45) is 0. The third kappa shape index (κ3) is 4.57. The monoisotopic (exact) mass is 391 g/mol. The lowest BCUT2D eigenvalue weighted by Crippen LogP contribution is -2.11. The van der Waals surface area contributed by atoms with Crippen LogP contribution in [0.15, 0.2) is 72.8 Å². The smallest absolute Gasteiger partial charge is 0.495 e. The lowest BCUT2D eigenvalue weighted by Gasteiger charge is -2.22. The molecule has 27 heavy (non-hydrogen) atoms. The summed E-state index contributed by atoms with van der Waals surface area (Å²) in [5, 5.41) is 2.58. The topological polar surface area (TPSA) is 56.8 Å². The summed E-state index contributed by atoms with van der Waals surface area (Å²) in [7, 11) is -2.86. The number of halogens is 2. The molecule has 0 amide bonds. The number of anilines is 1. The molecule has 0 aliphatic heterocycles. The first-order chi connectivity index (χ1) is 13.0. The van der Waals surface area contributed by atoms with Crippen molar-refractivity contribution in [2.45, 2.75) is 0 Å². The molecule has 0 radical (unpaired) electrons. The highest BCUT2D eigenvalue weighted by molar-refractivity contribution is 7.56. The molecular weight excluding hydrogens is 375 g/mol. The summed E-state index contributed by atoms with van der Waals surface area (Å²) >= 11 is 0. The summed E-state index contributed by atoms with van der Waals surface area (Å²) in [6, 6.07) is 17.4. The van der Waals surface area contributed by atoms with Crippen LogP contribution < -0.4 is 18.9 Å². The number of ether oxygens (including phenoxy) is 1. The molecule has 5 nitrogen and oxygen atoms in total. The van der Waals surface area contributed by atoms with E-state index in [0.717, 1.165) is 12.1 Å². The Kier molecular flexibility index (Phi) is 5.62. The number of benzene rings is 3. The lowest BCUT2D eigenvalue weighted by molar-refractivity contribution is 0.372. The molecule has 0 aliphatic carbocycles. The van der Waals surface area contributed by atoms with Gasteiger partial charge in [-0.05, 0) is 36.4 Å². The molecular formula is C19H16F2NO4P. The van der Waals surface area contributed by atoms with Crippen molar-refractivity contribution in [1.82, 2.24) is 0 Å². The normalized spacial score (nSPS) is 10.9. The van der Waals surface area contributed by atoms with Gasteiger partial charge in [-0.1, -0.05) is 36.4 Å². The fourth-order valence-corrected chi connectivity index (χ4v) is 3.67. The number of hydrogen-bond acceptors (Lipinski definition) is 4. The van der Waals surface area contributed by atoms with Crippen LogP contribution in [0.25, 0.3) is 0 Å². The van der Waals surface area contributed by atoms with E-state index in [2.05, 4.69) is 5.09 Å². The molecule has 0 heterocycles. The average molecular weight is 391 g/mol. The first-order valence-corrected chi connectivity index (χ1v) is 9.44. The van der Waals surface area contributed by atoms with E-state index in [1.807, 2.05) is 0 Å². The van der Waals surface area contributed by atoms with Crippen molar-refractivity contribution >= 4 is 13.4 Å². The molecule has 0 bridgehead atoms. The number of rotatable bonds is 7. The standard InChI is InChI=1S/C19H16F2NO4P/c1-24-19-13-7-4-10-16(19)22-27(23,25-17-11-5-2-8-14(17)20)26-18-12-6-3-9-15(18)21/h2-13H,1H3,(H,22,23). The van der Waals surface area contributed by atoms with E-state index in [1.165, 1.54) is 43.5 Å². The van der Waals surface area contributed by atoms with Gasteiger partial charge in [-0.15, -0.1) is 0 Å². The fourth-order valence-electron chi connectivity index (χ4n) is 2.25. The largest absolute Gasteiger partial charge is 0.542 e. The zero-order chi connectivity index (χ0) is 19.3. The summed E-state index contributed by atoms with van der Waals surface area (Å²) in [5.74, 6) is -1.74. The highest BCUT2D eigenvalue weighted by atomic mass is 31.2. The van der Waals surface area contributed by atoms with E-state index in [4.69, 9.17) is 13.8 Å². The van der Waals surface area contributed by atoms with Crippen LogP contribution in [0.4, 0.5) is 14.5 Å². The van der Waals surface area contributed by atoms with Crippen LogP contribution >= 0.6 is 7.75 Å². The summed E-state index contributed by atoms with van der Waals surface area (Å²) in [4.78, 5) is 0. The van der Waals surface area contributed by atoms with Crippen molar-refractivity contribution in [3.05, 3.63) is 84.4 Å². The van der Waals surface area contributed by atoms with Crippen molar-refractivity contribution in [1.29, 1.82) is 0 Å². The van der Waals surface area contributed by atoms with Gasteiger partial charge in [-0.2, -0.15) is 0 Å². The van der Waals surface area contributed by atoms with E-state index in [0.29, 0.717) is 5.75 Å². The van der Waals surface area contributed by atoms with Crippen LogP contribution in [-0.4, -0.2) is 7.11 Å². The molecule has 0 saturated heterocycles. The Labute approximate surface area is 155 Å². The molecule has 3 aromatic carbocycles. The summed E-state index contributed by atoms with van der Waals surface area (Å²) in [6.45, 7) is 0. The van der Waals surface area contributed by atoms with E-state index < -0.39 is 19.4 Å². The Morgan fingerprint density at radius 1 is 0.741 bits per heavy atom. The molecule has 0 atom stereocenters. The third-order valence-corrected chi connectivity index (χ3v) is 4.86. The second-order valence-corrected chi connectivity index (χ2v) is 6.94. The maximum Gasteiger partial charge on any atom is 0.542 e. The van der Waals surface area contributed by atoms with Gasteiger partial charge in [0.05, 0.1) is 12.8 Å². The molecule has 8 heteroatoms. The molecule has 0 unspecified atom stereocenters. The van der Waals surface area contributed by atoms with Crippen LogP contribution in [-0.2, 0) is 4.57 Å². The molecule has 3 rings (SSSR count). The lowest BCUT2D eigenvalue weighted by atomic mass is 10.3. The molecule has 0 fully saturated rings. The van der Waals surface area contributed by atoms with Gasteiger partial charge >= 0.3 is 7.75 Å². The van der Waals surface area contributed by atoms with Crippen LogP contribution in [0.3, 0.4) is 0 Å². The van der Waals surface area contributed by atoms with E-state index >= 15 is 0 Å². The Bertz CT molecular complexity index is 932. The van der Waals surface area contributed by atoms with Gasteiger partial charge in [-0.3, -0.25) is 5.09 Å². The van der Waals surface area contributed by atoms with Crippen LogP contribution in [0, 0.1) is 11.6 Å². The highest BCUT2D eigenvalue weighted by Crippen LogP contribution is 2.50. The van der Waals surface area contributed by atoms with Crippen molar-refractivity contribution in [3.63, 3.8) is 0 Å². The first kappa shape index (κ1) is 18.7. The van der Waals surface area contributed by atoms with Gasteiger partial charge in [0.15, 0.2) is 23.1 Å². The average Bonchev–Trinajstić information content (AvgIpc) is 2.66. The second-order valence-electron chi connectivity index (χ2n) is 5.35. The van der Waals surface area contributed by atoms with Gasteiger partial charge in [-0.25, -0.2) is 13.3 Å². The Morgan fingerprint density at radius 3 is 1.67 bits per heavy atom. The predicted octanol–water partition coefficient (Wildman–Crippen LogP) is 5.65. The predicted molar refractivity (Wildman–Crippen MR) is 98.3 cm³/mol. The van der Waals surface area contributed by atoms with E-state index in [1.54, 1.807) is 24.3 Å². The zero-order valence-electron chi connectivity index (χ0n) is 14.3. The van der Waals surface area contributed by atoms with Gasteiger partial charge < -0.3 is 13.8 Å². The maximum absolute atomic E-state index is 14.0. The maximum atomic E-state index is 14.0. The number of hydrogen-bond donors (Lipinski definition) is 1. The van der Waals surface area contributed by atoms with Gasteiger partial charge in [0.25, 0.3) is 0 Å². The summed E-state index contributed by atoms with van der Waals surface area (Å²) < 4.78 is 57.2. The van der Waals surface area contributed by atoms with Gasteiger partial charge in [0, 0.05) is 0 Å². The van der Waals surface area contributed by atoms with Crippen molar-refractivity contribution < 1.29 is 27.1 Å². The van der Waals surface area contributed by atoms with Crippen molar-refractivity contribution in [2.75, 3.05) is 12.2 Å². The van der Waals surface area contributed by atoms with Crippen molar-refractivity contribution in [2.24, 2.45) is 0 Å². The van der Waals surface area contributed by atoms with Crippen molar-refractivity contribution in [3.8, 4) is 17.2 Å². The molecule has 0 saturated carbocycles. The number of methoxy groups -OCH3 is 1. The van der Waals surface area contributed by atoms with Crippen LogP contribution in [0.1, 0.15) is 0 Å². The highest BCUT2D eigenvalue weighted by Gasteiger charge is 2.32. The van der Waals surface area contributed by atoms with Gasteiger partial charge in [0.1, 0.15) is 5.75 Å². The third-order valence-electron chi connectivity index (χ3n) is 3.47. The SMILES string of the molecule is COc1ccccc1NP(=O)(Oc1ccccc1F)Oc1ccccc1F. The van der Waals surface area contributed by atoms with Gasteiger partial charge in [0.2, 0.25) is 0 Å². The fraction of sp³-hybridized carbons (Fsp3) is 0.0526. The molecule has 3 aromatic rings. The molecule has 0 aliphatic rings. The van der Waals surface area contributed by atoms with Crippen LogP contribution in [0.5, 0.6) is 17.2 Å². The van der Waals surface area contributed by atoms with Crippen LogP contribution in [0.2, 0.25) is 0 Å². The summed E-state index contributed by atoms with van der Waals surface area (Å²) in [5.41, 5.74) is 0.274. The second kappa shape index (κ2) is 8.10. The van der Waals surface area contributed by atoms with E-state index in [9.17, 15) is 13.3 Å². The van der Waals surface area contributed by atoms with E-state index in [-0.39, 0.29) is 17.2 Å². The molecule has 0 aromatic heterocycles. The zero-order valence-corrected chi connectivity index (χ0v) is 15.2. The Hall–Kier alpha value is -3.05. The Morgan fingerprint density at radius 2 is 1.19 bits per heavy atom. The minimum atomic E-state index is -4.29.